The minimum absolute atomic E-state index is 0.0369. The van der Waals surface area contributed by atoms with Crippen LogP contribution in [-0.4, -0.2) is 43.6 Å². The number of likely N-dealkylation sites (tertiary alicyclic amines) is 1. The van der Waals surface area contributed by atoms with Crippen LogP contribution in [0.4, 0.5) is 0 Å². The van der Waals surface area contributed by atoms with E-state index < -0.39 is 0 Å². The Morgan fingerprint density at radius 2 is 1.77 bits per heavy atom. The number of unbranched alkanes of at least 4 members (excludes halogenated alkanes) is 4. The maximum absolute atomic E-state index is 12.7. The smallest absolute Gasteiger partial charge is 0.309 e. The monoisotopic (exact) mass is 361 g/mol. The number of piperidine rings is 1. The molecule has 1 aliphatic rings. The van der Waals surface area contributed by atoms with E-state index in [2.05, 4.69) is 6.92 Å². The number of rotatable bonds is 9. The minimum Gasteiger partial charge on any atom is -0.496 e. The molecule has 1 heterocycles. The fourth-order valence-corrected chi connectivity index (χ4v) is 3.31. The molecule has 0 aliphatic carbocycles. The number of esters is 1. The summed E-state index contributed by atoms with van der Waals surface area (Å²) in [4.78, 5) is 26.7. The molecule has 0 aromatic heterocycles. The lowest BCUT2D eigenvalue weighted by atomic mass is 9.96. The van der Waals surface area contributed by atoms with Crippen LogP contribution in [0.25, 0.3) is 0 Å². The number of nitrogens with zero attached hydrogens (tertiary/aromatic N) is 1. The van der Waals surface area contributed by atoms with Crippen LogP contribution in [0.3, 0.4) is 0 Å². The number of hydrogen-bond donors (Lipinski definition) is 0. The van der Waals surface area contributed by atoms with Gasteiger partial charge in [-0.15, -0.1) is 0 Å². The average Bonchev–Trinajstić information content (AvgIpc) is 2.70. The lowest BCUT2D eigenvalue weighted by Gasteiger charge is -2.31. The third kappa shape index (κ3) is 5.75. The van der Waals surface area contributed by atoms with Crippen LogP contribution < -0.4 is 4.74 Å². The van der Waals surface area contributed by atoms with E-state index in [0.717, 1.165) is 12.8 Å². The molecule has 1 aromatic rings. The number of carbonyl (C=O) groups is 2. The van der Waals surface area contributed by atoms with Crippen LogP contribution in [0.5, 0.6) is 5.75 Å². The van der Waals surface area contributed by atoms with Crippen LogP contribution in [0.15, 0.2) is 24.3 Å². The van der Waals surface area contributed by atoms with Gasteiger partial charge >= 0.3 is 5.97 Å². The topological polar surface area (TPSA) is 55.8 Å². The normalized spacial score (nSPS) is 14.9. The van der Waals surface area contributed by atoms with Gasteiger partial charge in [0, 0.05) is 13.1 Å². The molecular formula is C21H31NO4. The van der Waals surface area contributed by atoms with Gasteiger partial charge in [-0.05, 0) is 31.4 Å². The highest BCUT2D eigenvalue weighted by molar-refractivity contribution is 5.97. The van der Waals surface area contributed by atoms with Gasteiger partial charge in [-0.3, -0.25) is 9.59 Å². The SMILES string of the molecule is CCCCCCCOC(=O)C1CCN(C(=O)c2ccccc2OC)CC1. The maximum atomic E-state index is 12.7. The summed E-state index contributed by atoms with van der Waals surface area (Å²) < 4.78 is 10.7. The molecule has 0 atom stereocenters. The summed E-state index contributed by atoms with van der Waals surface area (Å²) in [5.74, 6) is 0.351. The van der Waals surface area contributed by atoms with Crippen LogP contribution in [-0.2, 0) is 9.53 Å². The van der Waals surface area contributed by atoms with Crippen molar-refractivity contribution in [2.45, 2.75) is 51.9 Å². The first-order valence-corrected chi connectivity index (χ1v) is 9.76. The highest BCUT2D eigenvalue weighted by Gasteiger charge is 2.29. The summed E-state index contributed by atoms with van der Waals surface area (Å²) in [6, 6.07) is 7.25. The second-order valence-corrected chi connectivity index (χ2v) is 6.85. The molecule has 0 N–H and O–H groups in total. The first-order chi connectivity index (χ1) is 12.7. The van der Waals surface area contributed by atoms with E-state index >= 15 is 0 Å². The number of carbonyl (C=O) groups excluding carboxylic acids is 2. The molecule has 1 amide bonds. The zero-order valence-electron chi connectivity index (χ0n) is 16.0. The Balaban J connectivity index is 1.74. The van der Waals surface area contributed by atoms with Gasteiger partial charge < -0.3 is 14.4 Å². The first kappa shape index (κ1) is 20.3. The van der Waals surface area contributed by atoms with Crippen LogP contribution in [0.2, 0.25) is 0 Å². The van der Waals surface area contributed by atoms with Gasteiger partial charge in [-0.25, -0.2) is 0 Å². The highest BCUT2D eigenvalue weighted by atomic mass is 16.5. The molecular weight excluding hydrogens is 330 g/mol. The summed E-state index contributed by atoms with van der Waals surface area (Å²) in [5, 5.41) is 0. The fraction of sp³-hybridized carbons (Fsp3) is 0.619. The lowest BCUT2D eigenvalue weighted by Crippen LogP contribution is -2.40. The van der Waals surface area contributed by atoms with Gasteiger partial charge in [-0.2, -0.15) is 0 Å². The molecule has 26 heavy (non-hydrogen) atoms. The fourth-order valence-electron chi connectivity index (χ4n) is 3.31. The molecule has 0 bridgehead atoms. The third-order valence-corrected chi connectivity index (χ3v) is 4.95. The van der Waals surface area contributed by atoms with E-state index in [0.29, 0.717) is 43.9 Å². The second-order valence-electron chi connectivity index (χ2n) is 6.85. The number of ether oxygens (including phenoxy) is 2. The van der Waals surface area contributed by atoms with Gasteiger partial charge in [0.2, 0.25) is 0 Å². The van der Waals surface area contributed by atoms with Gasteiger partial charge in [-0.1, -0.05) is 44.7 Å². The van der Waals surface area contributed by atoms with Gasteiger partial charge in [0.05, 0.1) is 25.2 Å². The Morgan fingerprint density at radius 3 is 2.46 bits per heavy atom. The number of hydrogen-bond acceptors (Lipinski definition) is 4. The van der Waals surface area contributed by atoms with Crippen molar-refractivity contribution in [3.8, 4) is 5.75 Å². The molecule has 1 aliphatic heterocycles. The summed E-state index contributed by atoms with van der Waals surface area (Å²) >= 11 is 0. The van der Waals surface area contributed by atoms with Gasteiger partial charge in [0.15, 0.2) is 0 Å². The van der Waals surface area contributed by atoms with Crippen molar-refractivity contribution >= 4 is 11.9 Å². The molecule has 0 spiro atoms. The molecule has 0 unspecified atom stereocenters. The molecule has 144 valence electrons. The molecule has 0 saturated carbocycles. The molecule has 2 rings (SSSR count). The number of benzene rings is 1. The summed E-state index contributed by atoms with van der Waals surface area (Å²) in [6.45, 7) is 3.86. The van der Waals surface area contributed by atoms with Crippen molar-refractivity contribution in [3.63, 3.8) is 0 Å². The molecule has 5 heteroatoms. The van der Waals surface area contributed by atoms with Crippen molar-refractivity contribution in [1.82, 2.24) is 4.90 Å². The zero-order valence-corrected chi connectivity index (χ0v) is 16.0. The number of amides is 1. The second kappa shape index (κ2) is 10.8. The number of methoxy groups -OCH3 is 1. The Kier molecular flexibility index (Phi) is 8.45. The predicted molar refractivity (Wildman–Crippen MR) is 101 cm³/mol. The lowest BCUT2D eigenvalue weighted by molar-refractivity contribution is -0.150. The van der Waals surface area contributed by atoms with E-state index in [1.165, 1.54) is 19.3 Å². The van der Waals surface area contributed by atoms with Gasteiger partial charge in [0.1, 0.15) is 5.75 Å². The standard InChI is InChI=1S/C21H31NO4/c1-3-4-5-6-9-16-26-21(24)17-12-14-22(15-13-17)20(23)18-10-7-8-11-19(18)25-2/h7-8,10-11,17H,3-6,9,12-16H2,1-2H3. The Bertz CT molecular complexity index is 579. The average molecular weight is 361 g/mol. The first-order valence-electron chi connectivity index (χ1n) is 9.76. The molecule has 1 saturated heterocycles. The quantitative estimate of drug-likeness (QED) is 0.492. The van der Waals surface area contributed by atoms with Crippen molar-refractivity contribution < 1.29 is 19.1 Å². The maximum Gasteiger partial charge on any atom is 0.309 e. The van der Waals surface area contributed by atoms with Crippen molar-refractivity contribution in [2.24, 2.45) is 5.92 Å². The van der Waals surface area contributed by atoms with E-state index in [1.54, 1.807) is 24.1 Å². The van der Waals surface area contributed by atoms with Gasteiger partial charge in [0.25, 0.3) is 5.91 Å². The summed E-state index contributed by atoms with van der Waals surface area (Å²) in [6.07, 6.45) is 7.05. The van der Waals surface area contributed by atoms with Crippen LogP contribution in [0.1, 0.15) is 62.2 Å². The van der Waals surface area contributed by atoms with Crippen molar-refractivity contribution in [3.05, 3.63) is 29.8 Å². The summed E-state index contributed by atoms with van der Waals surface area (Å²) in [7, 11) is 1.57. The van der Waals surface area contributed by atoms with E-state index in [9.17, 15) is 9.59 Å². The van der Waals surface area contributed by atoms with Crippen LogP contribution in [0, 0.1) is 5.92 Å². The van der Waals surface area contributed by atoms with E-state index in [-0.39, 0.29) is 17.8 Å². The van der Waals surface area contributed by atoms with Crippen LogP contribution >= 0.6 is 0 Å². The van der Waals surface area contributed by atoms with E-state index in [1.807, 2.05) is 12.1 Å². The Morgan fingerprint density at radius 1 is 1.08 bits per heavy atom. The summed E-state index contributed by atoms with van der Waals surface area (Å²) in [5.41, 5.74) is 0.572. The Labute approximate surface area is 156 Å². The third-order valence-electron chi connectivity index (χ3n) is 4.95. The minimum atomic E-state index is -0.107. The largest absolute Gasteiger partial charge is 0.496 e. The molecule has 1 fully saturated rings. The molecule has 0 radical (unpaired) electrons. The van der Waals surface area contributed by atoms with E-state index in [4.69, 9.17) is 9.47 Å². The highest BCUT2D eigenvalue weighted by Crippen LogP contribution is 2.24. The van der Waals surface area contributed by atoms with Crippen molar-refractivity contribution in [2.75, 3.05) is 26.8 Å². The zero-order chi connectivity index (χ0) is 18.8. The molecule has 1 aromatic carbocycles. The predicted octanol–water partition coefficient (Wildman–Crippen LogP) is 4.06. The number of para-hydroxylation sites is 1. The Hall–Kier alpha value is -2.04. The van der Waals surface area contributed by atoms with Crippen molar-refractivity contribution in [1.29, 1.82) is 0 Å². The molecule has 5 nitrogen and oxygen atoms in total.